The van der Waals surface area contributed by atoms with Crippen molar-refractivity contribution in [2.24, 2.45) is 0 Å². The second-order valence-corrected chi connectivity index (χ2v) is 7.46. The van der Waals surface area contributed by atoms with Crippen LogP contribution in [0.4, 0.5) is 0 Å². The number of halogens is 2. The SMILES string of the molecule is C[C@H]1c2ccsc2CCN1C(=O)CNC(=O)c1ccc(Cl)cc1Cl. The van der Waals surface area contributed by atoms with Crippen molar-refractivity contribution in [3.63, 3.8) is 0 Å². The van der Waals surface area contributed by atoms with Gasteiger partial charge in [0.05, 0.1) is 23.2 Å². The van der Waals surface area contributed by atoms with Gasteiger partial charge in [-0.15, -0.1) is 11.3 Å². The monoisotopic (exact) mass is 382 g/mol. The van der Waals surface area contributed by atoms with E-state index in [1.54, 1.807) is 28.4 Å². The van der Waals surface area contributed by atoms with Crippen LogP contribution in [0.5, 0.6) is 0 Å². The maximum atomic E-state index is 12.5. The zero-order chi connectivity index (χ0) is 17.3. The smallest absolute Gasteiger partial charge is 0.253 e. The van der Waals surface area contributed by atoms with Gasteiger partial charge in [0.15, 0.2) is 0 Å². The Morgan fingerprint density at radius 1 is 1.33 bits per heavy atom. The summed E-state index contributed by atoms with van der Waals surface area (Å²) in [6.07, 6.45) is 0.861. The van der Waals surface area contributed by atoms with Crippen LogP contribution in [0, 0.1) is 0 Å². The number of rotatable bonds is 3. The first kappa shape index (κ1) is 17.3. The van der Waals surface area contributed by atoms with Gasteiger partial charge >= 0.3 is 0 Å². The van der Waals surface area contributed by atoms with Crippen LogP contribution in [0.25, 0.3) is 0 Å². The first-order chi connectivity index (χ1) is 11.5. The molecule has 2 aromatic rings. The van der Waals surface area contributed by atoms with E-state index in [1.165, 1.54) is 16.5 Å². The molecule has 0 spiro atoms. The zero-order valence-corrected chi connectivity index (χ0v) is 15.3. The van der Waals surface area contributed by atoms with Gasteiger partial charge in [0.25, 0.3) is 5.91 Å². The van der Waals surface area contributed by atoms with Crippen LogP contribution < -0.4 is 5.32 Å². The lowest BCUT2D eigenvalue weighted by molar-refractivity contribution is -0.132. The lowest BCUT2D eigenvalue weighted by Crippen LogP contribution is -2.44. The van der Waals surface area contributed by atoms with Crippen molar-refractivity contribution < 1.29 is 9.59 Å². The topological polar surface area (TPSA) is 49.4 Å². The molecule has 3 rings (SSSR count). The number of hydrogen-bond acceptors (Lipinski definition) is 3. The fourth-order valence-corrected chi connectivity index (χ4v) is 4.33. The summed E-state index contributed by atoms with van der Waals surface area (Å²) in [5, 5.41) is 5.42. The second kappa shape index (κ2) is 7.13. The Kier molecular flexibility index (Phi) is 5.13. The van der Waals surface area contributed by atoms with Crippen molar-refractivity contribution in [2.45, 2.75) is 19.4 Å². The molecule has 2 heterocycles. The number of fused-ring (bicyclic) bond motifs is 1. The minimum absolute atomic E-state index is 0.0310. The van der Waals surface area contributed by atoms with Gasteiger partial charge < -0.3 is 10.2 Å². The lowest BCUT2D eigenvalue weighted by Gasteiger charge is -2.33. The normalized spacial score (nSPS) is 16.6. The van der Waals surface area contributed by atoms with E-state index in [0.29, 0.717) is 17.1 Å². The Morgan fingerprint density at radius 3 is 2.88 bits per heavy atom. The summed E-state index contributed by atoms with van der Waals surface area (Å²) in [4.78, 5) is 27.8. The predicted molar refractivity (Wildman–Crippen MR) is 96.9 cm³/mol. The van der Waals surface area contributed by atoms with Crippen molar-refractivity contribution >= 4 is 46.4 Å². The van der Waals surface area contributed by atoms with Crippen LogP contribution in [0.2, 0.25) is 10.0 Å². The van der Waals surface area contributed by atoms with E-state index in [0.717, 1.165) is 6.42 Å². The molecule has 0 fully saturated rings. The zero-order valence-electron chi connectivity index (χ0n) is 13.0. The molecule has 1 atom stereocenters. The molecule has 4 nitrogen and oxygen atoms in total. The number of carbonyl (C=O) groups excluding carboxylic acids is 2. The molecule has 0 saturated heterocycles. The predicted octanol–water partition coefficient (Wildman–Crippen LogP) is 3.93. The molecule has 1 aliphatic rings. The summed E-state index contributed by atoms with van der Waals surface area (Å²) in [6, 6.07) is 6.74. The average Bonchev–Trinajstić information content (AvgIpc) is 3.02. The van der Waals surface area contributed by atoms with Gasteiger partial charge in [-0.2, -0.15) is 0 Å². The highest BCUT2D eigenvalue weighted by Crippen LogP contribution is 2.32. The van der Waals surface area contributed by atoms with Crippen LogP contribution in [-0.2, 0) is 11.2 Å². The Bertz CT molecular complexity index is 791. The number of thiophene rings is 1. The van der Waals surface area contributed by atoms with E-state index < -0.39 is 0 Å². The number of hydrogen-bond donors (Lipinski definition) is 1. The lowest BCUT2D eigenvalue weighted by atomic mass is 10.0. The van der Waals surface area contributed by atoms with Crippen molar-refractivity contribution in [1.82, 2.24) is 10.2 Å². The Morgan fingerprint density at radius 2 is 2.12 bits per heavy atom. The fourth-order valence-electron chi connectivity index (χ4n) is 2.88. The van der Waals surface area contributed by atoms with E-state index in [-0.39, 0.29) is 29.4 Å². The van der Waals surface area contributed by atoms with E-state index in [9.17, 15) is 9.59 Å². The van der Waals surface area contributed by atoms with Crippen LogP contribution >= 0.6 is 34.5 Å². The molecule has 126 valence electrons. The molecule has 1 aromatic heterocycles. The van der Waals surface area contributed by atoms with Crippen LogP contribution in [0.3, 0.4) is 0 Å². The average molecular weight is 383 g/mol. The third-order valence-electron chi connectivity index (χ3n) is 4.17. The minimum atomic E-state index is -0.383. The van der Waals surface area contributed by atoms with Gasteiger partial charge in [-0.3, -0.25) is 9.59 Å². The molecule has 7 heteroatoms. The van der Waals surface area contributed by atoms with Crippen LogP contribution in [-0.4, -0.2) is 29.8 Å². The van der Waals surface area contributed by atoms with Gasteiger partial charge in [-0.25, -0.2) is 0 Å². The van der Waals surface area contributed by atoms with Crippen molar-refractivity contribution in [3.05, 3.63) is 55.7 Å². The number of benzene rings is 1. The molecular weight excluding hydrogens is 367 g/mol. The Hall–Kier alpha value is -1.56. The number of nitrogens with one attached hydrogen (secondary N) is 1. The number of amides is 2. The number of carbonyl (C=O) groups is 2. The second-order valence-electron chi connectivity index (χ2n) is 5.62. The quantitative estimate of drug-likeness (QED) is 0.873. The van der Waals surface area contributed by atoms with Gasteiger partial charge in [-0.05, 0) is 48.6 Å². The highest BCUT2D eigenvalue weighted by atomic mass is 35.5. The van der Waals surface area contributed by atoms with E-state index in [2.05, 4.69) is 16.8 Å². The fraction of sp³-hybridized carbons (Fsp3) is 0.294. The molecule has 1 aliphatic heterocycles. The molecule has 0 radical (unpaired) electrons. The highest BCUT2D eigenvalue weighted by molar-refractivity contribution is 7.10. The molecule has 1 aromatic carbocycles. The Balaban J connectivity index is 1.62. The van der Waals surface area contributed by atoms with E-state index >= 15 is 0 Å². The molecule has 0 aliphatic carbocycles. The van der Waals surface area contributed by atoms with Gasteiger partial charge in [0.2, 0.25) is 5.91 Å². The van der Waals surface area contributed by atoms with Gasteiger partial charge in [0, 0.05) is 16.4 Å². The Labute approximate surface area is 154 Å². The third-order valence-corrected chi connectivity index (χ3v) is 5.72. The standard InChI is InChI=1S/C17H16Cl2N2O2S/c1-10-12-5-7-24-15(12)4-6-21(10)16(22)9-20-17(23)13-3-2-11(18)8-14(13)19/h2-3,5,7-8,10H,4,6,9H2,1H3,(H,20,23)/t10-/m0/s1. The summed E-state index contributed by atoms with van der Waals surface area (Å²) >= 11 is 13.6. The molecule has 0 unspecified atom stereocenters. The van der Waals surface area contributed by atoms with Gasteiger partial charge in [-0.1, -0.05) is 23.2 Å². The third kappa shape index (κ3) is 3.43. The van der Waals surface area contributed by atoms with Crippen molar-refractivity contribution in [1.29, 1.82) is 0 Å². The molecule has 2 amide bonds. The molecule has 24 heavy (non-hydrogen) atoms. The maximum Gasteiger partial charge on any atom is 0.253 e. The summed E-state index contributed by atoms with van der Waals surface area (Å²) in [6.45, 7) is 2.63. The van der Waals surface area contributed by atoms with E-state index in [1.807, 2.05) is 6.92 Å². The van der Waals surface area contributed by atoms with Crippen molar-refractivity contribution in [3.8, 4) is 0 Å². The highest BCUT2D eigenvalue weighted by Gasteiger charge is 2.28. The van der Waals surface area contributed by atoms with E-state index in [4.69, 9.17) is 23.2 Å². The summed E-state index contributed by atoms with van der Waals surface area (Å²) in [7, 11) is 0. The summed E-state index contributed by atoms with van der Waals surface area (Å²) in [5.74, 6) is -0.483. The van der Waals surface area contributed by atoms with Crippen molar-refractivity contribution in [2.75, 3.05) is 13.1 Å². The van der Waals surface area contributed by atoms with Crippen LogP contribution in [0.1, 0.15) is 33.8 Å². The first-order valence-corrected chi connectivity index (χ1v) is 9.20. The molecule has 0 bridgehead atoms. The molecule has 1 N–H and O–H groups in total. The minimum Gasteiger partial charge on any atom is -0.343 e. The maximum absolute atomic E-state index is 12.5. The number of nitrogens with zero attached hydrogens (tertiary/aromatic N) is 1. The van der Waals surface area contributed by atoms with Crippen LogP contribution in [0.15, 0.2) is 29.6 Å². The molecule has 0 saturated carbocycles. The van der Waals surface area contributed by atoms with Gasteiger partial charge in [0.1, 0.15) is 0 Å². The largest absolute Gasteiger partial charge is 0.343 e. The molecular formula is C17H16Cl2N2O2S. The summed E-state index contributed by atoms with van der Waals surface area (Å²) in [5.41, 5.74) is 1.51. The summed E-state index contributed by atoms with van der Waals surface area (Å²) < 4.78 is 0. The first-order valence-electron chi connectivity index (χ1n) is 7.56.